The second-order valence-corrected chi connectivity index (χ2v) is 6.78. The molecule has 0 fully saturated rings. The lowest BCUT2D eigenvalue weighted by Gasteiger charge is -2.32. The Balaban J connectivity index is 0.00000109. The minimum absolute atomic E-state index is 0.222. The van der Waals surface area contributed by atoms with Crippen LogP contribution >= 0.6 is 0 Å². The van der Waals surface area contributed by atoms with Gasteiger partial charge in [-0.25, -0.2) is 13.8 Å². The van der Waals surface area contributed by atoms with Crippen molar-refractivity contribution in [3.8, 4) is 11.3 Å². The largest absolute Gasteiger partial charge is 0.306 e. The first-order chi connectivity index (χ1) is 11.8. The van der Waals surface area contributed by atoms with Gasteiger partial charge in [-0.15, -0.1) is 13.2 Å². The predicted molar refractivity (Wildman–Crippen MR) is 99.7 cm³/mol. The molecule has 0 atom stereocenters. The van der Waals surface area contributed by atoms with Crippen molar-refractivity contribution in [2.45, 2.75) is 33.1 Å². The van der Waals surface area contributed by atoms with Crippen molar-refractivity contribution in [2.24, 2.45) is 5.92 Å². The van der Waals surface area contributed by atoms with Crippen LogP contribution < -0.4 is 0 Å². The molecule has 0 aliphatic rings. The van der Waals surface area contributed by atoms with Gasteiger partial charge in [0.25, 0.3) is 0 Å². The van der Waals surface area contributed by atoms with Crippen LogP contribution in [0, 0.1) is 17.6 Å². The Hall–Kier alpha value is -2.49. The molecule has 2 aromatic heterocycles. The summed E-state index contributed by atoms with van der Waals surface area (Å²) in [6, 6.07) is 7.99. The molecule has 0 saturated heterocycles. The molecule has 0 aliphatic heterocycles. The van der Waals surface area contributed by atoms with Gasteiger partial charge in [0.2, 0.25) is 0 Å². The Kier molecular flexibility index (Phi) is 5.41. The fourth-order valence-electron chi connectivity index (χ4n) is 2.71. The van der Waals surface area contributed by atoms with Crippen LogP contribution in [0.1, 0.15) is 33.3 Å². The zero-order valence-electron chi connectivity index (χ0n) is 15.2. The molecule has 0 saturated carbocycles. The molecule has 3 rings (SSSR count). The number of hydrogen-bond acceptors (Lipinski definition) is 1. The second kappa shape index (κ2) is 7.18. The summed E-state index contributed by atoms with van der Waals surface area (Å²) in [5.41, 5.74) is 1.91. The number of hydrogen-bond donors (Lipinski definition) is 0. The smallest absolute Gasteiger partial charge is 0.137 e. The number of imidazole rings is 1. The van der Waals surface area contributed by atoms with Gasteiger partial charge in [-0.2, -0.15) is 0 Å². The van der Waals surface area contributed by atoms with Gasteiger partial charge in [0.1, 0.15) is 17.3 Å². The average molecular weight is 342 g/mol. The second-order valence-electron chi connectivity index (χ2n) is 6.78. The van der Waals surface area contributed by atoms with Crippen LogP contribution in [0.2, 0.25) is 0 Å². The Morgan fingerprint density at radius 2 is 1.80 bits per heavy atom. The summed E-state index contributed by atoms with van der Waals surface area (Å²) < 4.78 is 30.3. The van der Waals surface area contributed by atoms with E-state index in [1.807, 2.05) is 42.6 Å². The van der Waals surface area contributed by atoms with E-state index in [0.29, 0.717) is 16.8 Å². The van der Waals surface area contributed by atoms with Gasteiger partial charge >= 0.3 is 0 Å². The number of benzene rings is 1. The van der Waals surface area contributed by atoms with Crippen molar-refractivity contribution >= 4 is 5.65 Å². The van der Waals surface area contributed by atoms with Crippen molar-refractivity contribution < 1.29 is 8.78 Å². The van der Waals surface area contributed by atoms with Gasteiger partial charge in [0.05, 0.1) is 5.69 Å². The van der Waals surface area contributed by atoms with Crippen LogP contribution in [0.3, 0.4) is 0 Å². The van der Waals surface area contributed by atoms with Crippen LogP contribution in [0.25, 0.3) is 16.9 Å². The molecule has 3 aromatic rings. The van der Waals surface area contributed by atoms with Gasteiger partial charge in [-0.05, 0) is 35.1 Å². The Bertz CT molecular complexity index is 846. The first-order valence-electron chi connectivity index (χ1n) is 8.24. The highest BCUT2D eigenvalue weighted by Gasteiger charge is 2.31. The molecule has 0 amide bonds. The summed E-state index contributed by atoms with van der Waals surface area (Å²) in [5, 5.41) is 0. The summed E-state index contributed by atoms with van der Waals surface area (Å²) in [4.78, 5) is 4.51. The lowest BCUT2D eigenvalue weighted by atomic mass is 9.73. The molecule has 0 unspecified atom stereocenters. The van der Waals surface area contributed by atoms with E-state index in [1.165, 1.54) is 6.07 Å². The van der Waals surface area contributed by atoms with Crippen molar-refractivity contribution in [1.82, 2.24) is 9.38 Å². The Labute approximate surface area is 147 Å². The van der Waals surface area contributed by atoms with Crippen molar-refractivity contribution in [3.63, 3.8) is 0 Å². The summed E-state index contributed by atoms with van der Waals surface area (Å²) in [6.45, 7) is 14.1. The van der Waals surface area contributed by atoms with Gasteiger partial charge in [-0.3, -0.25) is 0 Å². The monoisotopic (exact) mass is 342 g/mol. The minimum Gasteiger partial charge on any atom is -0.306 e. The zero-order chi connectivity index (χ0) is 18.8. The fraction of sp³-hybridized carbons (Fsp3) is 0.286. The quantitative estimate of drug-likeness (QED) is 0.532. The van der Waals surface area contributed by atoms with E-state index in [9.17, 15) is 8.78 Å². The molecule has 132 valence electrons. The van der Waals surface area contributed by atoms with E-state index in [4.69, 9.17) is 0 Å². The molecule has 0 N–H and O–H groups in total. The van der Waals surface area contributed by atoms with Crippen LogP contribution in [-0.4, -0.2) is 9.38 Å². The van der Waals surface area contributed by atoms with Crippen molar-refractivity contribution in [3.05, 3.63) is 73.1 Å². The Morgan fingerprint density at radius 3 is 2.40 bits per heavy atom. The van der Waals surface area contributed by atoms with Crippen LogP contribution in [0.5, 0.6) is 0 Å². The maximum atomic E-state index is 14.6. The summed E-state index contributed by atoms with van der Waals surface area (Å²) in [6.07, 6.45) is 3.64. The predicted octanol–water partition coefficient (Wildman–Crippen LogP) is 6.02. The number of halogens is 2. The topological polar surface area (TPSA) is 17.3 Å². The summed E-state index contributed by atoms with van der Waals surface area (Å²) >= 11 is 0. The molecule has 0 bridgehead atoms. The van der Waals surface area contributed by atoms with Crippen molar-refractivity contribution in [2.75, 3.05) is 0 Å². The van der Waals surface area contributed by atoms with Crippen molar-refractivity contribution in [1.29, 1.82) is 0 Å². The Morgan fingerprint density at radius 1 is 1.12 bits per heavy atom. The number of aromatic nitrogens is 2. The summed E-state index contributed by atoms with van der Waals surface area (Å²) in [7, 11) is 0. The highest BCUT2D eigenvalue weighted by molar-refractivity contribution is 5.68. The molecule has 0 aliphatic carbocycles. The van der Waals surface area contributed by atoms with E-state index < -0.39 is 11.6 Å². The standard InChI is InChI=1S/C19H20F2N2.C2H4/c1-12(2)19(3,4)14-9-13(20)10-15(21)18(14)16-11-23-8-6-5-7-17(23)22-16;1-2/h5-12H,1-4H3;1-2H2. The molecule has 4 heteroatoms. The van der Waals surface area contributed by atoms with E-state index in [2.05, 4.69) is 32.0 Å². The van der Waals surface area contributed by atoms with Gasteiger partial charge in [-0.1, -0.05) is 33.8 Å². The number of fused-ring (bicyclic) bond motifs is 1. The molecule has 2 nitrogen and oxygen atoms in total. The zero-order valence-corrected chi connectivity index (χ0v) is 15.2. The van der Waals surface area contributed by atoms with Crippen LogP contribution in [-0.2, 0) is 5.41 Å². The average Bonchev–Trinajstić information content (AvgIpc) is 2.99. The highest BCUT2D eigenvalue weighted by Crippen LogP contribution is 2.39. The van der Waals surface area contributed by atoms with Crippen LogP contribution in [0.4, 0.5) is 8.78 Å². The fourth-order valence-corrected chi connectivity index (χ4v) is 2.71. The summed E-state index contributed by atoms with van der Waals surface area (Å²) in [5.74, 6) is -0.907. The lowest BCUT2D eigenvalue weighted by molar-refractivity contribution is 0.369. The number of nitrogens with zero attached hydrogens (tertiary/aromatic N) is 2. The maximum Gasteiger partial charge on any atom is 0.137 e. The number of rotatable bonds is 3. The highest BCUT2D eigenvalue weighted by atomic mass is 19.1. The molecule has 0 spiro atoms. The van der Waals surface area contributed by atoms with E-state index in [0.717, 1.165) is 11.7 Å². The third-order valence-corrected chi connectivity index (χ3v) is 4.81. The third-order valence-electron chi connectivity index (χ3n) is 4.81. The van der Waals surface area contributed by atoms with Crippen LogP contribution in [0.15, 0.2) is 55.9 Å². The van der Waals surface area contributed by atoms with E-state index in [1.54, 1.807) is 6.20 Å². The number of pyridine rings is 1. The normalized spacial score (nSPS) is 11.5. The molecular weight excluding hydrogens is 318 g/mol. The van der Waals surface area contributed by atoms with Gasteiger partial charge < -0.3 is 4.40 Å². The third kappa shape index (κ3) is 3.48. The minimum atomic E-state index is -0.572. The molecule has 1 aromatic carbocycles. The van der Waals surface area contributed by atoms with Gasteiger partial charge in [0, 0.05) is 24.0 Å². The SMILES string of the molecule is C=C.CC(C)C(C)(C)c1cc(F)cc(F)c1-c1cn2ccccc2n1. The van der Waals surface area contributed by atoms with Gasteiger partial charge in [0.15, 0.2) is 0 Å². The molecule has 25 heavy (non-hydrogen) atoms. The first kappa shape index (κ1) is 18.8. The maximum absolute atomic E-state index is 14.6. The molecule has 0 radical (unpaired) electrons. The molecule has 2 heterocycles. The van der Waals surface area contributed by atoms with E-state index in [-0.39, 0.29) is 11.3 Å². The lowest BCUT2D eigenvalue weighted by Crippen LogP contribution is -2.26. The van der Waals surface area contributed by atoms with E-state index >= 15 is 0 Å². The molecular formula is C21H24F2N2. The first-order valence-corrected chi connectivity index (χ1v) is 8.24.